The van der Waals surface area contributed by atoms with Crippen LogP contribution in [-0.2, 0) is 85.7 Å². The van der Waals surface area contributed by atoms with Gasteiger partial charge in [-0.05, 0) is 23.9 Å². The topological polar surface area (TPSA) is 275 Å². The molecule has 0 saturated carbocycles. The Hall–Kier alpha value is -6.07. The highest BCUT2D eigenvalue weighted by atomic mass is 32.2. The molecule has 0 aliphatic carbocycles. The number of hydrogen-bond donors (Lipinski definition) is 1. The third-order valence-electron chi connectivity index (χ3n) is 8.76. The van der Waals surface area contributed by atoms with Crippen molar-refractivity contribution in [3.8, 4) is 11.5 Å². The molecular formula is C38H44N4O18S. The number of ether oxygens (including phenoxy) is 10. The third kappa shape index (κ3) is 11.8. The van der Waals surface area contributed by atoms with Gasteiger partial charge in [-0.1, -0.05) is 18.2 Å². The van der Waals surface area contributed by atoms with E-state index in [9.17, 15) is 38.4 Å². The van der Waals surface area contributed by atoms with E-state index in [1.807, 2.05) is 6.07 Å². The summed E-state index contributed by atoms with van der Waals surface area (Å²) in [6.45, 7) is 7.74. The van der Waals surface area contributed by atoms with E-state index < -0.39 is 121 Å². The first-order valence-electron chi connectivity index (χ1n) is 18.6. The summed E-state index contributed by atoms with van der Waals surface area (Å²) < 4.78 is 57.9. The molecule has 330 valence electrons. The highest BCUT2D eigenvalue weighted by molar-refractivity contribution is 7.99. The number of aromatic nitrogens is 4. The normalized spacial score (nSPS) is 26.0. The van der Waals surface area contributed by atoms with Gasteiger partial charge in [0.15, 0.2) is 54.1 Å². The average molecular weight is 877 g/mol. The fraction of sp³-hybridized carbons (Fsp3) is 0.526. The highest BCUT2D eigenvalue weighted by Crippen LogP contribution is 2.41. The molecule has 1 N–H and O–H groups in total. The van der Waals surface area contributed by atoms with Crippen LogP contribution in [0.1, 0.15) is 61.6 Å². The Morgan fingerprint density at radius 1 is 0.607 bits per heavy atom. The number of esters is 8. The molecule has 2 aliphatic heterocycles. The number of nitrogens with zero attached hydrogens (tertiary/aromatic N) is 3. The maximum Gasteiger partial charge on any atom is 0.303 e. The SMILES string of the molecule is CC(=O)OC[C@H]1O[C@@H](n2nc(S[C@@H]3O[C@H](COC(C)=O)[C@@H](OC(C)=O)[C@H](OC(C)=O)[C@H]3OC(C)=O)nc2-c2cc3ccccc3[nH]2)[C@H](OC(C)=O)[C@@H](OC(C)=O)[C@@H]1OC(C)=O. The van der Waals surface area contributed by atoms with E-state index in [1.165, 1.54) is 4.68 Å². The minimum Gasteiger partial charge on any atom is -0.463 e. The first-order chi connectivity index (χ1) is 28.8. The first kappa shape index (κ1) is 46.0. The van der Waals surface area contributed by atoms with Crippen molar-refractivity contribution in [2.45, 2.75) is 121 Å². The number of rotatable bonds is 14. The van der Waals surface area contributed by atoms with E-state index in [1.54, 1.807) is 24.3 Å². The Labute approximate surface area is 351 Å². The van der Waals surface area contributed by atoms with Gasteiger partial charge in [0.05, 0.1) is 5.69 Å². The number of para-hydroxylation sites is 1. The van der Waals surface area contributed by atoms with Gasteiger partial charge >= 0.3 is 47.8 Å². The minimum atomic E-state index is -1.60. The molecule has 1 aromatic carbocycles. The van der Waals surface area contributed by atoms with Crippen molar-refractivity contribution >= 4 is 70.4 Å². The molecule has 2 fully saturated rings. The molecular weight excluding hydrogens is 832 g/mol. The lowest BCUT2D eigenvalue weighted by Crippen LogP contribution is -2.61. The smallest absolute Gasteiger partial charge is 0.303 e. The van der Waals surface area contributed by atoms with Gasteiger partial charge in [0.2, 0.25) is 5.16 Å². The number of hydrogen-bond acceptors (Lipinski definition) is 21. The second kappa shape index (κ2) is 20.0. The molecule has 3 aromatic rings. The van der Waals surface area contributed by atoms with Crippen LogP contribution >= 0.6 is 11.8 Å². The summed E-state index contributed by atoms with van der Waals surface area (Å²) in [6, 6.07) is 8.93. The van der Waals surface area contributed by atoms with Crippen LogP contribution in [0.25, 0.3) is 22.4 Å². The summed E-state index contributed by atoms with van der Waals surface area (Å²) in [5, 5.41) is 5.31. The van der Waals surface area contributed by atoms with Crippen LogP contribution in [0.3, 0.4) is 0 Å². The van der Waals surface area contributed by atoms with Crippen molar-refractivity contribution < 1.29 is 85.7 Å². The number of fused-ring (bicyclic) bond motifs is 1. The molecule has 10 atom stereocenters. The van der Waals surface area contributed by atoms with E-state index in [4.69, 9.17) is 57.5 Å². The summed E-state index contributed by atoms with van der Waals surface area (Å²) in [7, 11) is 0. The molecule has 2 aliphatic rings. The molecule has 4 heterocycles. The monoisotopic (exact) mass is 876 g/mol. The zero-order valence-corrected chi connectivity index (χ0v) is 35.0. The lowest BCUT2D eigenvalue weighted by atomic mass is 9.97. The van der Waals surface area contributed by atoms with Crippen molar-refractivity contribution in [1.29, 1.82) is 0 Å². The van der Waals surface area contributed by atoms with Crippen LogP contribution in [0.2, 0.25) is 0 Å². The van der Waals surface area contributed by atoms with Gasteiger partial charge < -0.3 is 52.4 Å². The predicted octanol–water partition coefficient (Wildman–Crippen LogP) is 1.86. The number of nitrogens with one attached hydrogen (secondary N) is 1. The average Bonchev–Trinajstić information content (AvgIpc) is 3.77. The molecule has 5 rings (SSSR count). The van der Waals surface area contributed by atoms with Crippen LogP contribution in [0.4, 0.5) is 0 Å². The van der Waals surface area contributed by atoms with E-state index in [0.29, 0.717) is 11.2 Å². The fourth-order valence-corrected chi connectivity index (χ4v) is 7.72. The largest absolute Gasteiger partial charge is 0.463 e. The molecule has 0 amide bonds. The Morgan fingerprint density at radius 3 is 1.57 bits per heavy atom. The zero-order chi connectivity index (χ0) is 44.7. The minimum absolute atomic E-state index is 0.0187. The van der Waals surface area contributed by atoms with E-state index in [2.05, 4.69) is 4.98 Å². The highest BCUT2D eigenvalue weighted by Gasteiger charge is 2.55. The maximum absolute atomic E-state index is 12.7. The standard InChI is InChI=1S/C38H44N4O18S/c1-16(43)51-14-27-29(53-18(3)45)31(55-20(5)47)33(57-22(7)49)36(59-27)42-35(26-13-24-11-9-10-12-25(24)39-26)40-38(41-42)61-37-34(58-23(8)50)32(56-21(6)48)30(54-19(4)46)28(60-37)15-52-17(2)44/h9-13,27-34,36-37,39H,14-15H2,1-8H3/t27-,28-,29-,30-,31+,32+,33-,34-,36-,37+/m1/s1. The van der Waals surface area contributed by atoms with Gasteiger partial charge in [0.1, 0.15) is 25.4 Å². The van der Waals surface area contributed by atoms with E-state index in [0.717, 1.165) is 72.5 Å². The number of carbonyl (C=O) groups excluding carboxylic acids is 8. The van der Waals surface area contributed by atoms with Crippen LogP contribution in [0, 0.1) is 0 Å². The summed E-state index contributed by atoms with van der Waals surface area (Å²) >= 11 is 0.739. The van der Waals surface area contributed by atoms with E-state index in [-0.39, 0.29) is 11.0 Å². The molecule has 0 radical (unpaired) electrons. The molecule has 0 unspecified atom stereocenters. The summed E-state index contributed by atoms with van der Waals surface area (Å²) in [5.41, 5.74) is -0.375. The summed E-state index contributed by atoms with van der Waals surface area (Å²) in [5.74, 6) is -6.49. The van der Waals surface area contributed by atoms with Crippen LogP contribution in [-0.4, -0.2) is 135 Å². The Bertz CT molecular complexity index is 2120. The van der Waals surface area contributed by atoms with Crippen molar-refractivity contribution in [2.24, 2.45) is 0 Å². The Morgan fingerprint density at radius 2 is 1.07 bits per heavy atom. The van der Waals surface area contributed by atoms with Crippen molar-refractivity contribution in [3.63, 3.8) is 0 Å². The van der Waals surface area contributed by atoms with Gasteiger partial charge in [-0.15, -0.1) is 5.10 Å². The molecule has 0 bridgehead atoms. The number of H-pyrrole nitrogens is 1. The van der Waals surface area contributed by atoms with Crippen molar-refractivity contribution in [2.75, 3.05) is 13.2 Å². The molecule has 61 heavy (non-hydrogen) atoms. The zero-order valence-electron chi connectivity index (χ0n) is 34.2. The first-order valence-corrected chi connectivity index (χ1v) is 19.5. The van der Waals surface area contributed by atoms with Gasteiger partial charge in [-0.3, -0.25) is 38.4 Å². The quantitative estimate of drug-likeness (QED) is 0.179. The second-order valence-electron chi connectivity index (χ2n) is 13.7. The van der Waals surface area contributed by atoms with Gasteiger partial charge in [-0.25, -0.2) is 4.68 Å². The lowest BCUT2D eigenvalue weighted by molar-refractivity contribution is -0.270. The summed E-state index contributed by atoms with van der Waals surface area (Å²) in [6.07, 6.45) is -13.3. The molecule has 2 aromatic heterocycles. The second-order valence-corrected chi connectivity index (χ2v) is 14.8. The van der Waals surface area contributed by atoms with Crippen LogP contribution in [0.5, 0.6) is 0 Å². The van der Waals surface area contributed by atoms with Crippen molar-refractivity contribution in [1.82, 2.24) is 19.7 Å². The Balaban J connectivity index is 1.70. The predicted molar refractivity (Wildman–Crippen MR) is 202 cm³/mol. The Kier molecular flexibility index (Phi) is 15.1. The van der Waals surface area contributed by atoms with Gasteiger partial charge in [0.25, 0.3) is 0 Å². The number of thioether (sulfide) groups is 1. The van der Waals surface area contributed by atoms with Crippen LogP contribution in [0.15, 0.2) is 35.5 Å². The number of benzene rings is 1. The fourth-order valence-electron chi connectivity index (χ4n) is 6.70. The van der Waals surface area contributed by atoms with Crippen molar-refractivity contribution in [3.05, 3.63) is 30.3 Å². The lowest BCUT2D eigenvalue weighted by Gasteiger charge is -2.44. The van der Waals surface area contributed by atoms with Gasteiger partial charge in [-0.2, -0.15) is 4.98 Å². The maximum atomic E-state index is 12.7. The van der Waals surface area contributed by atoms with E-state index >= 15 is 0 Å². The molecule has 23 heteroatoms. The number of aromatic amines is 1. The summed E-state index contributed by atoms with van der Waals surface area (Å²) in [4.78, 5) is 107. The molecule has 22 nitrogen and oxygen atoms in total. The number of carbonyl (C=O) groups is 8. The molecule has 2 saturated heterocycles. The van der Waals surface area contributed by atoms with Gasteiger partial charge in [0, 0.05) is 66.3 Å². The van der Waals surface area contributed by atoms with Crippen LogP contribution < -0.4 is 0 Å². The molecule has 0 spiro atoms. The third-order valence-corrected chi connectivity index (χ3v) is 9.76.